The first kappa shape index (κ1) is 16.5. The second-order valence-corrected chi connectivity index (χ2v) is 6.92. The van der Waals surface area contributed by atoms with Crippen molar-refractivity contribution in [3.8, 4) is 22.5 Å². The van der Waals surface area contributed by atoms with Crippen molar-refractivity contribution >= 4 is 22.1 Å². The van der Waals surface area contributed by atoms with Crippen LogP contribution in [0.25, 0.3) is 38.8 Å². The number of fused-ring (bicyclic) bond motifs is 2. The number of hydrogen-bond acceptors (Lipinski definition) is 2. The molecule has 0 aliphatic rings. The summed E-state index contributed by atoms with van der Waals surface area (Å²) < 4.78 is 2.12. The van der Waals surface area contributed by atoms with E-state index in [0.717, 1.165) is 39.0 Å². The molecule has 0 spiro atoms. The standard InChI is InChI=1S/C25H18N2O/c1-17(28)18-9-11-20(12-10-18)23-14-13-19-6-2-3-8-22(19)24(23)25-26-16-21-7-4-5-15-27(21)25/h2-16H,1H3. The molecule has 0 N–H and O–H groups in total. The van der Waals surface area contributed by atoms with Crippen molar-refractivity contribution in [3.05, 3.63) is 96.8 Å². The van der Waals surface area contributed by atoms with Gasteiger partial charge in [-0.3, -0.25) is 9.20 Å². The number of rotatable bonds is 3. The van der Waals surface area contributed by atoms with Gasteiger partial charge in [-0.05, 0) is 41.0 Å². The van der Waals surface area contributed by atoms with Gasteiger partial charge in [0.25, 0.3) is 0 Å². The number of hydrogen-bond donors (Lipinski definition) is 0. The van der Waals surface area contributed by atoms with Gasteiger partial charge in [0.1, 0.15) is 5.82 Å². The van der Waals surface area contributed by atoms with Crippen molar-refractivity contribution in [1.82, 2.24) is 9.38 Å². The molecule has 28 heavy (non-hydrogen) atoms. The summed E-state index contributed by atoms with van der Waals surface area (Å²) in [6.45, 7) is 1.59. The first-order valence-corrected chi connectivity index (χ1v) is 9.28. The molecule has 3 heteroatoms. The second kappa shape index (κ2) is 6.46. The van der Waals surface area contributed by atoms with E-state index in [1.807, 2.05) is 48.8 Å². The van der Waals surface area contributed by atoms with Gasteiger partial charge in [0.2, 0.25) is 0 Å². The molecule has 0 radical (unpaired) electrons. The monoisotopic (exact) mass is 362 g/mol. The van der Waals surface area contributed by atoms with Crippen LogP contribution in [0.1, 0.15) is 17.3 Å². The van der Waals surface area contributed by atoms with E-state index in [-0.39, 0.29) is 5.78 Å². The molecule has 5 rings (SSSR count). The van der Waals surface area contributed by atoms with Crippen molar-refractivity contribution in [2.75, 3.05) is 0 Å². The highest BCUT2D eigenvalue weighted by atomic mass is 16.1. The van der Waals surface area contributed by atoms with Crippen molar-refractivity contribution in [2.24, 2.45) is 0 Å². The van der Waals surface area contributed by atoms with E-state index in [1.54, 1.807) is 6.92 Å². The molecule has 134 valence electrons. The lowest BCUT2D eigenvalue weighted by atomic mass is 9.93. The molecular formula is C25H18N2O. The third kappa shape index (κ3) is 2.60. The molecule has 2 heterocycles. The molecule has 0 bridgehead atoms. The van der Waals surface area contributed by atoms with Crippen molar-refractivity contribution in [1.29, 1.82) is 0 Å². The predicted molar refractivity (Wildman–Crippen MR) is 114 cm³/mol. The van der Waals surface area contributed by atoms with Gasteiger partial charge in [0.15, 0.2) is 5.78 Å². The third-order valence-corrected chi connectivity index (χ3v) is 5.19. The van der Waals surface area contributed by atoms with E-state index in [2.05, 4.69) is 46.9 Å². The molecule has 0 unspecified atom stereocenters. The normalized spacial score (nSPS) is 11.2. The van der Waals surface area contributed by atoms with E-state index >= 15 is 0 Å². The van der Waals surface area contributed by atoms with E-state index in [4.69, 9.17) is 4.98 Å². The molecule has 5 aromatic rings. The molecule has 3 nitrogen and oxygen atoms in total. The zero-order chi connectivity index (χ0) is 19.1. The molecule has 0 saturated heterocycles. The van der Waals surface area contributed by atoms with Crippen LogP contribution in [-0.2, 0) is 0 Å². The smallest absolute Gasteiger partial charge is 0.159 e. The van der Waals surface area contributed by atoms with E-state index in [0.29, 0.717) is 0 Å². The lowest BCUT2D eigenvalue weighted by molar-refractivity contribution is 0.101. The Hall–Kier alpha value is -3.72. The quantitative estimate of drug-likeness (QED) is 0.368. The zero-order valence-corrected chi connectivity index (χ0v) is 15.5. The van der Waals surface area contributed by atoms with E-state index in [9.17, 15) is 4.79 Å². The Kier molecular flexibility index (Phi) is 3.80. The number of carbonyl (C=O) groups excluding carboxylic acids is 1. The second-order valence-electron chi connectivity index (χ2n) is 6.92. The lowest BCUT2D eigenvalue weighted by Crippen LogP contribution is -1.95. The maximum atomic E-state index is 11.7. The van der Waals surface area contributed by atoms with Gasteiger partial charge in [-0.15, -0.1) is 0 Å². The minimum absolute atomic E-state index is 0.0736. The van der Waals surface area contributed by atoms with Crippen LogP contribution in [-0.4, -0.2) is 15.2 Å². The molecule has 2 aromatic heterocycles. The Balaban J connectivity index is 1.83. The number of aromatic nitrogens is 2. The summed E-state index contributed by atoms with van der Waals surface area (Å²) in [7, 11) is 0. The highest BCUT2D eigenvalue weighted by Crippen LogP contribution is 2.37. The molecule has 0 saturated carbocycles. The van der Waals surface area contributed by atoms with Gasteiger partial charge in [-0.2, -0.15) is 0 Å². The highest BCUT2D eigenvalue weighted by Gasteiger charge is 2.16. The summed E-state index contributed by atoms with van der Waals surface area (Å²) in [5, 5.41) is 2.33. The lowest BCUT2D eigenvalue weighted by Gasteiger charge is -2.13. The average molecular weight is 362 g/mol. The van der Waals surface area contributed by atoms with Gasteiger partial charge in [-0.1, -0.05) is 66.7 Å². The molecule has 0 fully saturated rings. The summed E-state index contributed by atoms with van der Waals surface area (Å²) in [4.78, 5) is 16.4. The Morgan fingerprint density at radius 2 is 1.64 bits per heavy atom. The fraction of sp³-hybridized carbons (Fsp3) is 0.0400. The van der Waals surface area contributed by atoms with Crippen LogP contribution in [0.5, 0.6) is 0 Å². The molecule has 0 amide bonds. The number of ketones is 1. The average Bonchev–Trinajstić information content (AvgIpc) is 3.17. The predicted octanol–water partition coefficient (Wildman–Crippen LogP) is 6.02. The van der Waals surface area contributed by atoms with Crippen LogP contribution >= 0.6 is 0 Å². The van der Waals surface area contributed by atoms with Crippen molar-refractivity contribution in [2.45, 2.75) is 6.92 Å². The summed E-state index contributed by atoms with van der Waals surface area (Å²) in [5.41, 5.74) is 5.05. The zero-order valence-electron chi connectivity index (χ0n) is 15.5. The Morgan fingerprint density at radius 1 is 0.857 bits per heavy atom. The van der Waals surface area contributed by atoms with Gasteiger partial charge < -0.3 is 0 Å². The van der Waals surface area contributed by atoms with Gasteiger partial charge in [-0.25, -0.2) is 4.98 Å². The van der Waals surface area contributed by atoms with Crippen LogP contribution in [0.2, 0.25) is 0 Å². The minimum atomic E-state index is 0.0736. The molecular weight excluding hydrogens is 344 g/mol. The van der Waals surface area contributed by atoms with Gasteiger partial charge in [0, 0.05) is 17.3 Å². The van der Waals surface area contributed by atoms with Crippen LogP contribution < -0.4 is 0 Å². The number of Topliss-reactive ketones (excluding diaryl/α,β-unsaturated/α-hetero) is 1. The Labute approximate surface area is 162 Å². The Bertz CT molecular complexity index is 1330. The van der Waals surface area contributed by atoms with Crippen LogP contribution in [0.3, 0.4) is 0 Å². The van der Waals surface area contributed by atoms with Crippen molar-refractivity contribution < 1.29 is 4.79 Å². The molecule has 0 aliphatic carbocycles. The molecule has 3 aromatic carbocycles. The maximum Gasteiger partial charge on any atom is 0.159 e. The first-order valence-electron chi connectivity index (χ1n) is 9.28. The summed E-state index contributed by atoms with van der Waals surface area (Å²) >= 11 is 0. The summed E-state index contributed by atoms with van der Waals surface area (Å²) in [5.74, 6) is 0.989. The molecule has 0 atom stereocenters. The number of carbonyl (C=O) groups is 1. The number of benzene rings is 3. The topological polar surface area (TPSA) is 34.4 Å². The number of nitrogens with zero attached hydrogens (tertiary/aromatic N) is 2. The largest absolute Gasteiger partial charge is 0.300 e. The van der Waals surface area contributed by atoms with Crippen LogP contribution in [0.4, 0.5) is 0 Å². The SMILES string of the molecule is CC(=O)c1ccc(-c2ccc3ccccc3c2-c2ncc3ccccn23)cc1. The summed E-state index contributed by atoms with van der Waals surface area (Å²) in [6, 6.07) is 26.6. The fourth-order valence-corrected chi connectivity index (χ4v) is 3.77. The van der Waals surface area contributed by atoms with E-state index < -0.39 is 0 Å². The molecule has 0 aliphatic heterocycles. The Morgan fingerprint density at radius 3 is 2.46 bits per heavy atom. The van der Waals surface area contributed by atoms with Crippen molar-refractivity contribution in [3.63, 3.8) is 0 Å². The fourth-order valence-electron chi connectivity index (χ4n) is 3.77. The number of pyridine rings is 1. The van der Waals surface area contributed by atoms with Gasteiger partial charge in [0.05, 0.1) is 11.7 Å². The van der Waals surface area contributed by atoms with Crippen LogP contribution in [0.15, 0.2) is 91.3 Å². The number of imidazole rings is 1. The third-order valence-electron chi connectivity index (χ3n) is 5.19. The highest BCUT2D eigenvalue weighted by molar-refractivity contribution is 6.03. The minimum Gasteiger partial charge on any atom is -0.300 e. The van der Waals surface area contributed by atoms with Crippen LogP contribution in [0, 0.1) is 0 Å². The maximum absolute atomic E-state index is 11.7. The van der Waals surface area contributed by atoms with Gasteiger partial charge >= 0.3 is 0 Å². The first-order chi connectivity index (χ1) is 13.7. The summed E-state index contributed by atoms with van der Waals surface area (Å²) in [6.07, 6.45) is 3.95. The van der Waals surface area contributed by atoms with E-state index in [1.165, 1.54) is 5.39 Å².